The van der Waals surface area contributed by atoms with Gasteiger partial charge in [0.15, 0.2) is 0 Å². The van der Waals surface area contributed by atoms with E-state index >= 15 is 0 Å². The summed E-state index contributed by atoms with van der Waals surface area (Å²) in [6, 6.07) is 4.87. The molecule has 1 saturated carbocycles. The lowest BCUT2D eigenvalue weighted by atomic mass is 9.81. The topological polar surface area (TPSA) is 100 Å². The first kappa shape index (κ1) is 15.0. The molecule has 2 aliphatic rings. The minimum absolute atomic E-state index is 0.0449. The number of hydrogen-bond acceptors (Lipinski definition) is 6. The fraction of sp³-hybridized carbons (Fsp3) is 0.500. The second kappa shape index (κ2) is 4.96. The Kier molecular flexibility index (Phi) is 3.23. The Morgan fingerprint density at radius 1 is 1.39 bits per heavy atom. The molecule has 0 bridgehead atoms. The van der Waals surface area contributed by atoms with Crippen LogP contribution in [-0.4, -0.2) is 45.6 Å². The molecule has 122 valence electrons. The molecule has 0 amide bonds. The van der Waals surface area contributed by atoms with Crippen molar-refractivity contribution < 1.29 is 18.3 Å². The van der Waals surface area contributed by atoms with E-state index < -0.39 is 21.4 Å². The van der Waals surface area contributed by atoms with Crippen LogP contribution in [0.3, 0.4) is 0 Å². The molecule has 2 fully saturated rings. The molecule has 9 heteroatoms. The van der Waals surface area contributed by atoms with Crippen molar-refractivity contribution in [3.63, 3.8) is 0 Å². The van der Waals surface area contributed by atoms with Gasteiger partial charge in [0.25, 0.3) is 0 Å². The first-order valence-electron chi connectivity index (χ1n) is 7.40. The minimum Gasteiger partial charge on any atom is -0.481 e. The van der Waals surface area contributed by atoms with Crippen LogP contribution in [0.2, 0.25) is 0 Å². The van der Waals surface area contributed by atoms with Crippen LogP contribution in [0.25, 0.3) is 11.0 Å². The van der Waals surface area contributed by atoms with E-state index in [0.29, 0.717) is 17.5 Å². The first-order chi connectivity index (χ1) is 10.9. The number of carbonyl (C=O) groups is 1. The maximum absolute atomic E-state index is 13.0. The van der Waals surface area contributed by atoms with Gasteiger partial charge in [-0.05, 0) is 30.9 Å². The third kappa shape index (κ3) is 2.03. The predicted molar refractivity (Wildman–Crippen MR) is 83.6 cm³/mol. The van der Waals surface area contributed by atoms with E-state index in [4.69, 9.17) is 0 Å². The highest BCUT2D eigenvalue weighted by Crippen LogP contribution is 2.50. The molecule has 23 heavy (non-hydrogen) atoms. The monoisotopic (exact) mass is 353 g/mol. The number of aliphatic carboxylic acids is 1. The summed E-state index contributed by atoms with van der Waals surface area (Å²) in [7, 11) is -3.77. The molecular weight excluding hydrogens is 338 g/mol. The zero-order chi connectivity index (χ0) is 16.2. The highest BCUT2D eigenvalue weighted by atomic mass is 32.2. The van der Waals surface area contributed by atoms with Crippen molar-refractivity contribution in [1.29, 1.82) is 0 Å². The lowest BCUT2D eigenvalue weighted by molar-refractivity contribution is -0.149. The number of rotatable bonds is 3. The fourth-order valence-corrected chi connectivity index (χ4v) is 6.21. The zero-order valence-electron chi connectivity index (χ0n) is 12.2. The van der Waals surface area contributed by atoms with E-state index in [2.05, 4.69) is 8.75 Å². The normalized spacial score (nSPS) is 28.3. The molecule has 2 atom stereocenters. The quantitative estimate of drug-likeness (QED) is 0.899. The van der Waals surface area contributed by atoms with Crippen LogP contribution in [0, 0.1) is 11.3 Å². The first-order valence-corrected chi connectivity index (χ1v) is 9.57. The highest BCUT2D eigenvalue weighted by Gasteiger charge is 2.57. The fourth-order valence-electron chi connectivity index (χ4n) is 3.90. The van der Waals surface area contributed by atoms with Gasteiger partial charge in [-0.25, -0.2) is 8.42 Å². The van der Waals surface area contributed by atoms with Gasteiger partial charge in [-0.1, -0.05) is 12.5 Å². The summed E-state index contributed by atoms with van der Waals surface area (Å²) >= 11 is 0.970. The van der Waals surface area contributed by atoms with E-state index in [1.807, 2.05) is 0 Å². The van der Waals surface area contributed by atoms with Gasteiger partial charge in [-0.3, -0.25) is 4.79 Å². The van der Waals surface area contributed by atoms with E-state index in [1.165, 1.54) is 10.4 Å². The largest absolute Gasteiger partial charge is 0.481 e. The van der Waals surface area contributed by atoms with Crippen LogP contribution in [0.5, 0.6) is 0 Å². The van der Waals surface area contributed by atoms with Crippen molar-refractivity contribution in [3.8, 4) is 0 Å². The molecule has 4 rings (SSSR count). The number of fused-ring (bicyclic) bond motifs is 2. The van der Waals surface area contributed by atoms with E-state index in [9.17, 15) is 18.3 Å². The van der Waals surface area contributed by atoms with Crippen molar-refractivity contribution in [3.05, 3.63) is 18.2 Å². The van der Waals surface area contributed by atoms with Crippen molar-refractivity contribution in [2.24, 2.45) is 11.3 Å². The maximum Gasteiger partial charge on any atom is 0.311 e. The third-order valence-corrected chi connectivity index (χ3v) is 7.52. The Hall–Kier alpha value is -1.58. The van der Waals surface area contributed by atoms with Gasteiger partial charge >= 0.3 is 5.97 Å². The number of carboxylic acids is 1. The van der Waals surface area contributed by atoms with Gasteiger partial charge in [0, 0.05) is 13.1 Å². The Morgan fingerprint density at radius 3 is 2.96 bits per heavy atom. The summed E-state index contributed by atoms with van der Waals surface area (Å²) in [6.45, 7) is 0.311. The molecular formula is C14H15N3O4S2. The molecule has 1 aliphatic heterocycles. The zero-order valence-corrected chi connectivity index (χ0v) is 13.8. The van der Waals surface area contributed by atoms with Crippen LogP contribution in [-0.2, 0) is 14.8 Å². The Bertz CT molecular complexity index is 894. The van der Waals surface area contributed by atoms with Gasteiger partial charge < -0.3 is 5.11 Å². The van der Waals surface area contributed by atoms with Gasteiger partial charge in [0.1, 0.15) is 15.9 Å². The average Bonchev–Trinajstić information content (AvgIpc) is 3.19. The van der Waals surface area contributed by atoms with Crippen LogP contribution in [0.1, 0.15) is 19.3 Å². The molecule has 7 nitrogen and oxygen atoms in total. The van der Waals surface area contributed by atoms with Crippen LogP contribution < -0.4 is 0 Å². The minimum atomic E-state index is -3.77. The van der Waals surface area contributed by atoms with Crippen molar-refractivity contribution in [2.45, 2.75) is 24.2 Å². The molecule has 1 aliphatic carbocycles. The molecule has 1 saturated heterocycles. The Morgan fingerprint density at radius 2 is 2.22 bits per heavy atom. The summed E-state index contributed by atoms with van der Waals surface area (Å²) in [5.74, 6) is -0.992. The molecule has 1 aromatic carbocycles. The van der Waals surface area contributed by atoms with E-state index in [1.54, 1.807) is 12.1 Å². The second-order valence-electron chi connectivity index (χ2n) is 6.24. The van der Waals surface area contributed by atoms with Gasteiger partial charge in [-0.15, -0.1) is 0 Å². The molecule has 0 radical (unpaired) electrons. The van der Waals surface area contributed by atoms with E-state index in [0.717, 1.165) is 24.6 Å². The number of sulfonamides is 1. The van der Waals surface area contributed by atoms with Crippen LogP contribution in [0.4, 0.5) is 0 Å². The van der Waals surface area contributed by atoms with Crippen molar-refractivity contribution >= 4 is 38.8 Å². The highest BCUT2D eigenvalue weighted by molar-refractivity contribution is 7.89. The summed E-state index contributed by atoms with van der Waals surface area (Å²) in [4.78, 5) is 11.9. The molecule has 2 heterocycles. The number of aromatic nitrogens is 2. The Balaban J connectivity index is 1.76. The molecule has 0 unspecified atom stereocenters. The van der Waals surface area contributed by atoms with Crippen LogP contribution >= 0.6 is 11.7 Å². The molecule has 0 spiro atoms. The third-order valence-electron chi connectivity index (χ3n) is 5.13. The van der Waals surface area contributed by atoms with Gasteiger partial charge in [0.05, 0.1) is 17.1 Å². The summed E-state index contributed by atoms with van der Waals surface area (Å²) in [6.07, 6.45) is 2.15. The Labute approximate surface area is 137 Å². The smallest absolute Gasteiger partial charge is 0.311 e. The summed E-state index contributed by atoms with van der Waals surface area (Å²) in [5.41, 5.74) is -0.0243. The standard InChI is InChI=1S/C14H15N3O4S2/c18-13(19)14-6-2-3-9(14)7-17(8-14)23(20,21)11-5-1-4-10-12(11)16-22-15-10/h1,4-5,9H,2-3,6-8H2,(H,18,19)/t9-,14+/m0/s1. The summed E-state index contributed by atoms with van der Waals surface area (Å²) < 4.78 is 35.5. The van der Waals surface area contributed by atoms with E-state index in [-0.39, 0.29) is 23.9 Å². The van der Waals surface area contributed by atoms with Crippen LogP contribution in [0.15, 0.2) is 23.1 Å². The number of hydrogen-bond donors (Lipinski definition) is 1. The lowest BCUT2D eigenvalue weighted by Crippen LogP contribution is -2.37. The van der Waals surface area contributed by atoms with Gasteiger partial charge in [0.2, 0.25) is 10.0 Å². The molecule has 2 aromatic rings. The average molecular weight is 353 g/mol. The van der Waals surface area contributed by atoms with Gasteiger partial charge in [-0.2, -0.15) is 13.1 Å². The predicted octanol–water partition coefficient (Wildman–Crippen LogP) is 1.57. The van der Waals surface area contributed by atoms with Crippen molar-refractivity contribution in [2.75, 3.05) is 13.1 Å². The summed E-state index contributed by atoms with van der Waals surface area (Å²) in [5, 5.41) is 9.62. The maximum atomic E-state index is 13.0. The number of benzene rings is 1. The molecule has 1 N–H and O–H groups in total. The number of carboxylic acid groups (broad SMARTS) is 1. The second-order valence-corrected chi connectivity index (χ2v) is 8.67. The lowest BCUT2D eigenvalue weighted by Gasteiger charge is -2.23. The molecule has 1 aromatic heterocycles. The van der Waals surface area contributed by atoms with Crippen molar-refractivity contribution in [1.82, 2.24) is 13.1 Å². The number of nitrogens with zero attached hydrogens (tertiary/aromatic N) is 3. The SMILES string of the molecule is O=C(O)[C@@]12CCC[C@H]1CN(S(=O)(=O)c1cccc3nsnc13)C2.